The van der Waals surface area contributed by atoms with E-state index < -0.39 is 39.2 Å². The minimum absolute atomic E-state index is 0.179. The highest BCUT2D eigenvalue weighted by Gasteiger charge is 2.31. The molecule has 0 aromatic heterocycles. The van der Waals surface area contributed by atoms with Crippen LogP contribution in [0.2, 0.25) is 0 Å². The van der Waals surface area contributed by atoms with Crippen LogP contribution in [-0.4, -0.2) is 21.5 Å². The summed E-state index contributed by atoms with van der Waals surface area (Å²) in [5, 5.41) is 0. The van der Waals surface area contributed by atoms with Crippen molar-refractivity contribution >= 4 is 47.9 Å². The Bertz CT molecular complexity index is 922. The third-order valence-corrected chi connectivity index (χ3v) is 6.06. The number of sulfonamides is 1. The van der Waals surface area contributed by atoms with Crippen molar-refractivity contribution in [2.24, 2.45) is 0 Å². The highest BCUT2D eigenvalue weighted by atomic mass is 79.9. The van der Waals surface area contributed by atoms with Gasteiger partial charge in [-0.1, -0.05) is 15.9 Å². The first-order valence-corrected chi connectivity index (χ1v) is 9.73. The zero-order chi connectivity index (χ0) is 18.8. The highest BCUT2D eigenvalue weighted by Crippen LogP contribution is 2.28. The van der Waals surface area contributed by atoms with Gasteiger partial charge in [0.2, 0.25) is 10.0 Å². The second kappa shape index (κ2) is 7.90. The van der Waals surface area contributed by atoms with Crippen molar-refractivity contribution in [3.63, 3.8) is 0 Å². The molecule has 0 amide bonds. The van der Waals surface area contributed by atoms with Gasteiger partial charge in [0.15, 0.2) is 0 Å². The van der Waals surface area contributed by atoms with E-state index in [0.717, 1.165) is 25.3 Å². The summed E-state index contributed by atoms with van der Waals surface area (Å²) in [6.45, 7) is 0. The van der Waals surface area contributed by atoms with E-state index in [2.05, 4.69) is 41.3 Å². The summed E-state index contributed by atoms with van der Waals surface area (Å²) in [5.74, 6) is -2.86. The Morgan fingerprint density at radius 3 is 2.44 bits per heavy atom. The largest absolute Gasteiger partial charge is 0.468 e. The zero-order valence-electron chi connectivity index (χ0n) is 12.6. The van der Waals surface area contributed by atoms with E-state index in [4.69, 9.17) is 0 Å². The number of rotatable bonds is 5. The second-order valence-corrected chi connectivity index (χ2v) is 8.27. The van der Waals surface area contributed by atoms with Crippen molar-refractivity contribution in [2.45, 2.75) is 10.9 Å². The molecule has 10 heteroatoms. The quantitative estimate of drug-likeness (QED) is 0.638. The molecule has 1 N–H and O–H groups in total. The number of hydrogen-bond acceptors (Lipinski definition) is 4. The SMILES string of the molecule is COC(=O)C(NS(=O)(=O)c1ccc(Br)cc1Br)c1cc(F)ccc1F. The maximum Gasteiger partial charge on any atom is 0.328 e. The van der Waals surface area contributed by atoms with Gasteiger partial charge in [0.25, 0.3) is 0 Å². The molecule has 0 aliphatic rings. The Labute approximate surface area is 159 Å². The van der Waals surface area contributed by atoms with Crippen molar-refractivity contribution in [1.82, 2.24) is 4.72 Å². The van der Waals surface area contributed by atoms with E-state index in [1.165, 1.54) is 18.2 Å². The molecule has 0 saturated carbocycles. The van der Waals surface area contributed by atoms with E-state index in [0.29, 0.717) is 4.47 Å². The molecule has 1 atom stereocenters. The lowest BCUT2D eigenvalue weighted by Gasteiger charge is -2.18. The molecule has 2 rings (SSSR count). The minimum Gasteiger partial charge on any atom is -0.468 e. The van der Waals surface area contributed by atoms with Crippen LogP contribution in [0.15, 0.2) is 50.2 Å². The van der Waals surface area contributed by atoms with Crippen molar-refractivity contribution in [2.75, 3.05) is 7.11 Å². The Kier molecular flexibility index (Phi) is 6.30. The van der Waals surface area contributed by atoms with Crippen LogP contribution >= 0.6 is 31.9 Å². The van der Waals surface area contributed by atoms with E-state index in [9.17, 15) is 22.0 Å². The Balaban J connectivity index is 2.50. The first-order chi connectivity index (χ1) is 11.7. The smallest absolute Gasteiger partial charge is 0.328 e. The molecule has 0 bridgehead atoms. The van der Waals surface area contributed by atoms with Crippen LogP contribution in [0.1, 0.15) is 11.6 Å². The van der Waals surface area contributed by atoms with Gasteiger partial charge >= 0.3 is 5.97 Å². The minimum atomic E-state index is -4.25. The molecular formula is C15H11Br2F2NO4S. The average Bonchev–Trinajstić information content (AvgIpc) is 2.54. The lowest BCUT2D eigenvalue weighted by Crippen LogP contribution is -2.35. The van der Waals surface area contributed by atoms with Crippen molar-refractivity contribution in [1.29, 1.82) is 0 Å². The first kappa shape index (κ1) is 20.0. The van der Waals surface area contributed by atoms with Gasteiger partial charge in [-0.2, -0.15) is 4.72 Å². The molecule has 25 heavy (non-hydrogen) atoms. The Morgan fingerprint density at radius 1 is 1.16 bits per heavy atom. The lowest BCUT2D eigenvalue weighted by atomic mass is 10.1. The average molecular weight is 499 g/mol. The monoisotopic (exact) mass is 497 g/mol. The van der Waals surface area contributed by atoms with Crippen LogP contribution in [0.5, 0.6) is 0 Å². The summed E-state index contributed by atoms with van der Waals surface area (Å²) in [5.41, 5.74) is -0.483. The first-order valence-electron chi connectivity index (χ1n) is 6.66. The van der Waals surface area contributed by atoms with Crippen molar-refractivity contribution in [3.8, 4) is 0 Å². The summed E-state index contributed by atoms with van der Waals surface area (Å²) in [4.78, 5) is 11.8. The summed E-state index contributed by atoms with van der Waals surface area (Å²) < 4.78 is 60.0. The molecule has 0 fully saturated rings. The fourth-order valence-corrected chi connectivity index (χ4v) is 4.91. The maximum absolute atomic E-state index is 14.0. The Hall–Kier alpha value is -1.36. The van der Waals surface area contributed by atoms with Gasteiger partial charge in [0.05, 0.1) is 12.0 Å². The number of methoxy groups -OCH3 is 1. The van der Waals surface area contributed by atoms with Gasteiger partial charge < -0.3 is 4.74 Å². The fraction of sp³-hybridized carbons (Fsp3) is 0.133. The number of benzene rings is 2. The molecular weight excluding hydrogens is 488 g/mol. The molecule has 2 aromatic rings. The van der Waals surface area contributed by atoms with Crippen LogP contribution in [0.3, 0.4) is 0 Å². The van der Waals surface area contributed by atoms with Crippen molar-refractivity contribution in [3.05, 3.63) is 62.5 Å². The number of ether oxygens (including phenoxy) is 1. The van der Waals surface area contributed by atoms with Gasteiger partial charge in [0, 0.05) is 14.5 Å². The molecule has 134 valence electrons. The van der Waals surface area contributed by atoms with E-state index >= 15 is 0 Å². The number of esters is 1. The summed E-state index contributed by atoms with van der Waals surface area (Å²) >= 11 is 6.30. The molecule has 5 nitrogen and oxygen atoms in total. The molecule has 0 spiro atoms. The fourth-order valence-electron chi connectivity index (χ4n) is 2.00. The number of nitrogens with one attached hydrogen (secondary N) is 1. The van der Waals surface area contributed by atoms with E-state index in [-0.39, 0.29) is 9.37 Å². The molecule has 0 saturated heterocycles. The summed E-state index contributed by atoms with van der Waals surface area (Å²) in [6, 6.07) is 4.89. The molecule has 0 aliphatic carbocycles. The highest BCUT2D eigenvalue weighted by molar-refractivity contribution is 9.11. The number of hydrogen-bond donors (Lipinski definition) is 1. The van der Waals surface area contributed by atoms with Crippen LogP contribution in [0.4, 0.5) is 8.78 Å². The van der Waals surface area contributed by atoms with Crippen LogP contribution < -0.4 is 4.72 Å². The van der Waals surface area contributed by atoms with Gasteiger partial charge in [-0.05, 0) is 52.3 Å². The molecule has 2 aromatic carbocycles. The zero-order valence-corrected chi connectivity index (χ0v) is 16.6. The predicted molar refractivity (Wildman–Crippen MR) is 93.3 cm³/mol. The summed E-state index contributed by atoms with van der Waals surface area (Å²) in [6.07, 6.45) is 0. The van der Waals surface area contributed by atoms with Gasteiger partial charge in [-0.3, -0.25) is 0 Å². The van der Waals surface area contributed by atoms with Crippen LogP contribution in [0.25, 0.3) is 0 Å². The Morgan fingerprint density at radius 2 is 1.84 bits per heavy atom. The molecule has 0 radical (unpaired) electrons. The summed E-state index contributed by atoms with van der Waals surface area (Å²) in [7, 11) is -3.24. The van der Waals surface area contributed by atoms with Crippen LogP contribution in [0, 0.1) is 11.6 Å². The van der Waals surface area contributed by atoms with Crippen molar-refractivity contribution < 1.29 is 26.7 Å². The second-order valence-electron chi connectivity index (χ2n) is 4.82. The molecule has 1 unspecified atom stereocenters. The topological polar surface area (TPSA) is 72.5 Å². The maximum atomic E-state index is 14.0. The third-order valence-electron chi connectivity index (χ3n) is 3.16. The number of carbonyl (C=O) groups excluding carboxylic acids is 1. The third kappa shape index (κ3) is 4.63. The lowest BCUT2D eigenvalue weighted by molar-refractivity contribution is -0.142. The number of carbonyl (C=O) groups is 1. The molecule has 0 heterocycles. The molecule has 0 aliphatic heterocycles. The van der Waals surface area contributed by atoms with Crippen LogP contribution in [-0.2, 0) is 19.6 Å². The van der Waals surface area contributed by atoms with Gasteiger partial charge in [-0.25, -0.2) is 22.0 Å². The number of halogens is 4. The van der Waals surface area contributed by atoms with Gasteiger partial charge in [0.1, 0.15) is 17.7 Å². The van der Waals surface area contributed by atoms with Gasteiger partial charge in [-0.15, -0.1) is 0 Å². The van der Waals surface area contributed by atoms with E-state index in [1.807, 2.05) is 0 Å². The normalized spacial score (nSPS) is 12.7. The predicted octanol–water partition coefficient (Wildman–Crippen LogP) is 3.68. The van der Waals surface area contributed by atoms with E-state index in [1.54, 1.807) is 0 Å². The standard InChI is InChI=1S/C15H11Br2F2NO4S/c1-24-15(21)14(10-7-9(18)3-4-12(10)19)20-25(22,23)13-5-2-8(16)6-11(13)17/h2-7,14,20H,1H3.